The maximum Gasteiger partial charge on any atom is 0.256 e. The quantitative estimate of drug-likeness (QED) is 0.673. The Morgan fingerprint density at radius 2 is 1.79 bits per heavy atom. The van der Waals surface area contributed by atoms with Crippen LogP contribution in [0.3, 0.4) is 0 Å². The van der Waals surface area contributed by atoms with E-state index < -0.39 is 10.8 Å². The molecule has 1 aliphatic heterocycles. The van der Waals surface area contributed by atoms with Gasteiger partial charge in [0.05, 0.1) is 36.6 Å². The zero-order chi connectivity index (χ0) is 20.4. The van der Waals surface area contributed by atoms with Crippen LogP contribution in [0.15, 0.2) is 48.5 Å². The van der Waals surface area contributed by atoms with Crippen molar-refractivity contribution in [1.82, 2.24) is 9.78 Å². The van der Waals surface area contributed by atoms with E-state index in [9.17, 15) is 9.00 Å². The molecule has 0 radical (unpaired) electrons. The lowest BCUT2D eigenvalue weighted by Gasteiger charge is -2.12. The predicted octanol–water partition coefficient (Wildman–Crippen LogP) is 3.29. The average Bonchev–Trinajstić information content (AvgIpc) is 3.25. The summed E-state index contributed by atoms with van der Waals surface area (Å²) in [5.41, 5.74) is 2.86. The lowest BCUT2D eigenvalue weighted by Crippen LogP contribution is -2.16. The summed E-state index contributed by atoms with van der Waals surface area (Å²) in [5.74, 6) is 2.51. The highest BCUT2D eigenvalue weighted by molar-refractivity contribution is 7.83. The van der Waals surface area contributed by atoms with Gasteiger partial charge < -0.3 is 14.8 Å². The van der Waals surface area contributed by atoms with Crippen molar-refractivity contribution in [3.05, 3.63) is 65.4 Å². The Balaban J connectivity index is 1.66. The van der Waals surface area contributed by atoms with Crippen molar-refractivity contribution in [2.75, 3.05) is 19.0 Å². The molecule has 1 N–H and O–H groups in total. The first-order valence-electron chi connectivity index (χ1n) is 9.23. The van der Waals surface area contributed by atoms with Crippen molar-refractivity contribution in [3.8, 4) is 17.2 Å². The van der Waals surface area contributed by atoms with Crippen LogP contribution < -0.4 is 14.8 Å². The van der Waals surface area contributed by atoms with Gasteiger partial charge in [-0.25, -0.2) is 4.68 Å². The Morgan fingerprint density at radius 3 is 2.45 bits per heavy atom. The van der Waals surface area contributed by atoms with Crippen molar-refractivity contribution in [2.45, 2.75) is 18.4 Å². The smallest absolute Gasteiger partial charge is 0.256 e. The number of rotatable bonds is 6. The average molecular weight is 411 g/mol. The van der Waals surface area contributed by atoms with Gasteiger partial charge in [0, 0.05) is 21.9 Å². The van der Waals surface area contributed by atoms with Gasteiger partial charge in [0.2, 0.25) is 0 Å². The molecule has 1 aliphatic rings. The summed E-state index contributed by atoms with van der Waals surface area (Å²) in [6, 6.07) is 14.3. The van der Waals surface area contributed by atoms with Crippen LogP contribution in [0, 0.1) is 0 Å². The zero-order valence-corrected chi connectivity index (χ0v) is 17.0. The fourth-order valence-corrected chi connectivity index (χ4v) is 4.48. The number of carbonyl (C=O) groups excluding carboxylic acids is 1. The monoisotopic (exact) mass is 411 g/mol. The Morgan fingerprint density at radius 1 is 1.10 bits per heavy atom. The lowest BCUT2D eigenvalue weighted by atomic mass is 10.2. The van der Waals surface area contributed by atoms with Crippen LogP contribution in [0.4, 0.5) is 5.82 Å². The molecule has 2 heterocycles. The Bertz CT molecular complexity index is 1060. The molecule has 8 heteroatoms. The third-order valence-corrected chi connectivity index (χ3v) is 5.85. The molecule has 1 amide bonds. The molecule has 0 unspecified atom stereocenters. The van der Waals surface area contributed by atoms with E-state index in [1.54, 1.807) is 36.1 Å². The fraction of sp³-hybridized carbons (Fsp3) is 0.238. The first-order valence-corrected chi connectivity index (χ1v) is 10.7. The molecule has 0 saturated heterocycles. The van der Waals surface area contributed by atoms with E-state index in [2.05, 4.69) is 10.4 Å². The lowest BCUT2D eigenvalue weighted by molar-refractivity contribution is 0.102. The standard InChI is InChI=1S/C21H21N3O4S/c1-3-28-17-8-4-14(5-9-17)21(25)22-20-18-12-29(26)13-19(18)23-24(20)15-6-10-16(27-2)11-7-15/h4-11H,3,12-13H2,1-2H3,(H,22,25)/t29-/m1/s1. The summed E-state index contributed by atoms with van der Waals surface area (Å²) < 4.78 is 24.3. The van der Waals surface area contributed by atoms with Crippen molar-refractivity contribution >= 4 is 22.5 Å². The third-order valence-electron chi connectivity index (χ3n) is 4.65. The molecule has 0 saturated carbocycles. The van der Waals surface area contributed by atoms with E-state index in [0.717, 1.165) is 22.7 Å². The van der Waals surface area contributed by atoms with Crippen LogP contribution >= 0.6 is 0 Å². The van der Waals surface area contributed by atoms with E-state index in [0.29, 0.717) is 35.2 Å². The molecule has 2 aromatic carbocycles. The van der Waals surface area contributed by atoms with Crippen LogP contribution in [0.25, 0.3) is 5.69 Å². The Hall–Kier alpha value is -3.13. The van der Waals surface area contributed by atoms with Gasteiger partial charge in [-0.1, -0.05) is 0 Å². The van der Waals surface area contributed by atoms with Gasteiger partial charge in [0.1, 0.15) is 17.3 Å². The van der Waals surface area contributed by atoms with E-state index in [-0.39, 0.29) is 5.91 Å². The van der Waals surface area contributed by atoms with Crippen molar-refractivity contribution in [2.24, 2.45) is 0 Å². The molecule has 1 aromatic heterocycles. The Labute approximate surface area is 171 Å². The van der Waals surface area contributed by atoms with Gasteiger partial charge in [-0.05, 0) is 55.5 Å². The molecule has 7 nitrogen and oxygen atoms in total. The van der Waals surface area contributed by atoms with Gasteiger partial charge in [0.25, 0.3) is 5.91 Å². The van der Waals surface area contributed by atoms with Crippen LogP contribution in [0.1, 0.15) is 28.5 Å². The minimum absolute atomic E-state index is 0.261. The molecular weight excluding hydrogens is 390 g/mol. The van der Waals surface area contributed by atoms with Gasteiger partial charge in [0.15, 0.2) is 0 Å². The number of hydrogen-bond acceptors (Lipinski definition) is 5. The number of fused-ring (bicyclic) bond motifs is 1. The SMILES string of the molecule is CCOc1ccc(C(=O)Nc2c3c(nn2-c2ccc(OC)cc2)C[S@](=O)C3)cc1. The number of nitrogens with zero attached hydrogens (tertiary/aromatic N) is 2. The van der Waals surface area contributed by atoms with Crippen LogP contribution in [-0.4, -0.2) is 33.6 Å². The molecule has 4 rings (SSSR count). The molecule has 150 valence electrons. The molecule has 1 atom stereocenters. The molecule has 0 spiro atoms. The molecular formula is C21H21N3O4S. The Kier molecular flexibility index (Phi) is 5.35. The van der Waals surface area contributed by atoms with Gasteiger partial charge in [-0.15, -0.1) is 0 Å². The number of carbonyl (C=O) groups is 1. The number of aromatic nitrogens is 2. The van der Waals surface area contributed by atoms with E-state index >= 15 is 0 Å². The van der Waals surface area contributed by atoms with Gasteiger partial charge in [-0.3, -0.25) is 9.00 Å². The number of hydrogen-bond donors (Lipinski definition) is 1. The summed E-state index contributed by atoms with van der Waals surface area (Å²) in [7, 11) is 0.610. The third kappa shape index (κ3) is 3.88. The largest absolute Gasteiger partial charge is 0.497 e. The van der Waals surface area contributed by atoms with Crippen molar-refractivity contribution in [3.63, 3.8) is 0 Å². The second-order valence-electron chi connectivity index (χ2n) is 6.52. The highest BCUT2D eigenvalue weighted by Crippen LogP contribution is 2.32. The van der Waals surface area contributed by atoms with Gasteiger partial charge in [-0.2, -0.15) is 5.10 Å². The first-order chi connectivity index (χ1) is 14.1. The summed E-state index contributed by atoms with van der Waals surface area (Å²) in [6.45, 7) is 2.47. The molecule has 3 aromatic rings. The highest BCUT2D eigenvalue weighted by Gasteiger charge is 2.28. The summed E-state index contributed by atoms with van der Waals surface area (Å²) in [5, 5.41) is 7.56. The van der Waals surface area contributed by atoms with Crippen LogP contribution in [-0.2, 0) is 22.3 Å². The zero-order valence-electron chi connectivity index (χ0n) is 16.2. The predicted molar refractivity (Wildman–Crippen MR) is 111 cm³/mol. The topological polar surface area (TPSA) is 82.4 Å². The van der Waals surface area contributed by atoms with Crippen LogP contribution in [0.5, 0.6) is 11.5 Å². The number of amides is 1. The first kappa shape index (κ1) is 19.2. The fourth-order valence-electron chi connectivity index (χ4n) is 3.22. The molecule has 0 fully saturated rings. The van der Waals surface area contributed by atoms with E-state index in [1.807, 2.05) is 31.2 Å². The molecule has 0 bridgehead atoms. The highest BCUT2D eigenvalue weighted by atomic mass is 32.2. The minimum atomic E-state index is -0.997. The molecule has 0 aliphatic carbocycles. The summed E-state index contributed by atoms with van der Waals surface area (Å²) in [4.78, 5) is 12.9. The van der Waals surface area contributed by atoms with Crippen LogP contribution in [0.2, 0.25) is 0 Å². The van der Waals surface area contributed by atoms with E-state index in [1.165, 1.54) is 0 Å². The number of benzene rings is 2. The minimum Gasteiger partial charge on any atom is -0.497 e. The maximum atomic E-state index is 12.9. The number of ether oxygens (including phenoxy) is 2. The van der Waals surface area contributed by atoms with E-state index in [4.69, 9.17) is 9.47 Å². The second-order valence-corrected chi connectivity index (χ2v) is 7.98. The van der Waals surface area contributed by atoms with Crippen molar-refractivity contribution in [1.29, 1.82) is 0 Å². The summed E-state index contributed by atoms with van der Waals surface area (Å²) in [6.07, 6.45) is 0. The maximum absolute atomic E-state index is 12.9. The molecule has 29 heavy (non-hydrogen) atoms. The number of anilines is 1. The normalized spacial score (nSPS) is 15.0. The van der Waals surface area contributed by atoms with Gasteiger partial charge >= 0.3 is 0 Å². The summed E-state index contributed by atoms with van der Waals surface area (Å²) >= 11 is 0. The van der Waals surface area contributed by atoms with Crippen molar-refractivity contribution < 1.29 is 18.5 Å². The number of methoxy groups -OCH3 is 1. The second kappa shape index (κ2) is 8.08. The number of nitrogens with one attached hydrogen (secondary N) is 1.